The molecule has 4 heterocycles. The zero-order valence-electron chi connectivity index (χ0n) is 19.0. The summed E-state index contributed by atoms with van der Waals surface area (Å²) in [5.74, 6) is 0.571. The molecular weight excluding hydrogens is 428 g/mol. The van der Waals surface area contributed by atoms with Crippen LogP contribution in [-0.4, -0.2) is 43.1 Å². The first-order chi connectivity index (χ1) is 16.7. The lowest BCUT2D eigenvalue weighted by Gasteiger charge is -2.08. The van der Waals surface area contributed by atoms with E-state index in [-0.39, 0.29) is 12.2 Å². The maximum absolute atomic E-state index is 13.2. The van der Waals surface area contributed by atoms with Gasteiger partial charge in [0.2, 0.25) is 5.88 Å². The number of carbonyl (C=O) groups is 1. The van der Waals surface area contributed by atoms with E-state index in [1.165, 1.54) is 0 Å². The van der Waals surface area contributed by atoms with Crippen molar-refractivity contribution in [1.82, 2.24) is 24.1 Å². The molecule has 0 bridgehead atoms. The topological polar surface area (TPSA) is 100 Å². The highest BCUT2D eigenvalue weighted by molar-refractivity contribution is 5.99. The minimum absolute atomic E-state index is 0.0208. The SMILES string of the molecule is CCc1nn(Cc2cccc(OCCN)n2)c2cccc(CC(=O)c3cnc4ccccn34)c12. The summed E-state index contributed by atoms with van der Waals surface area (Å²) in [6.45, 7) is 3.44. The van der Waals surface area contributed by atoms with Crippen LogP contribution < -0.4 is 10.5 Å². The van der Waals surface area contributed by atoms with Gasteiger partial charge in [0.1, 0.15) is 17.9 Å². The molecule has 5 rings (SSSR count). The van der Waals surface area contributed by atoms with Crippen LogP contribution in [0, 0.1) is 0 Å². The highest BCUT2D eigenvalue weighted by Crippen LogP contribution is 2.26. The van der Waals surface area contributed by atoms with Gasteiger partial charge in [0, 0.05) is 30.6 Å². The number of hydrogen-bond donors (Lipinski definition) is 1. The number of aryl methyl sites for hydroxylation is 1. The number of pyridine rings is 2. The van der Waals surface area contributed by atoms with Crippen molar-refractivity contribution in [3.05, 3.63) is 89.6 Å². The second-order valence-corrected chi connectivity index (χ2v) is 8.05. The van der Waals surface area contributed by atoms with E-state index in [4.69, 9.17) is 15.6 Å². The third kappa shape index (κ3) is 4.15. The lowest BCUT2D eigenvalue weighted by Crippen LogP contribution is -2.12. The molecule has 0 spiro atoms. The van der Waals surface area contributed by atoms with Gasteiger partial charge >= 0.3 is 0 Å². The minimum atomic E-state index is 0.0208. The zero-order valence-corrected chi connectivity index (χ0v) is 19.0. The number of benzene rings is 1. The van der Waals surface area contributed by atoms with Crippen LogP contribution in [0.3, 0.4) is 0 Å². The van der Waals surface area contributed by atoms with Gasteiger partial charge in [0.15, 0.2) is 5.78 Å². The second kappa shape index (κ2) is 9.44. The van der Waals surface area contributed by atoms with E-state index >= 15 is 0 Å². The van der Waals surface area contributed by atoms with E-state index in [1.54, 1.807) is 6.20 Å². The van der Waals surface area contributed by atoms with E-state index in [1.807, 2.05) is 69.9 Å². The van der Waals surface area contributed by atoms with Crippen LogP contribution in [0.25, 0.3) is 16.6 Å². The average Bonchev–Trinajstić information content (AvgIpc) is 3.45. The van der Waals surface area contributed by atoms with Crippen molar-refractivity contribution in [1.29, 1.82) is 0 Å². The summed E-state index contributed by atoms with van der Waals surface area (Å²) in [5, 5.41) is 5.89. The van der Waals surface area contributed by atoms with E-state index < -0.39 is 0 Å². The number of hydrogen-bond acceptors (Lipinski definition) is 6. The highest BCUT2D eigenvalue weighted by Gasteiger charge is 2.18. The number of Topliss-reactive ketones (excluding diaryl/α,β-unsaturated/α-hetero) is 1. The number of rotatable bonds is 9. The molecule has 5 aromatic rings. The number of nitrogens with two attached hydrogens (primary N) is 1. The molecule has 0 radical (unpaired) electrons. The molecular formula is C26H26N6O2. The molecule has 1 aromatic carbocycles. The van der Waals surface area contributed by atoms with Crippen molar-refractivity contribution >= 4 is 22.3 Å². The lowest BCUT2D eigenvalue weighted by molar-refractivity contribution is 0.0987. The molecule has 172 valence electrons. The van der Waals surface area contributed by atoms with Crippen LogP contribution >= 0.6 is 0 Å². The fraction of sp³-hybridized carbons (Fsp3) is 0.231. The number of nitrogens with zero attached hydrogens (tertiary/aromatic N) is 5. The van der Waals surface area contributed by atoms with Gasteiger partial charge in [-0.3, -0.25) is 13.9 Å². The predicted molar refractivity (Wildman–Crippen MR) is 130 cm³/mol. The molecule has 0 fully saturated rings. The van der Waals surface area contributed by atoms with Crippen LogP contribution in [0.1, 0.15) is 34.4 Å². The van der Waals surface area contributed by atoms with Gasteiger partial charge in [0.05, 0.1) is 29.6 Å². The summed E-state index contributed by atoms with van der Waals surface area (Å²) in [6, 6.07) is 17.4. The smallest absolute Gasteiger partial charge is 0.213 e. The third-order valence-electron chi connectivity index (χ3n) is 5.79. The molecule has 0 aliphatic carbocycles. The maximum Gasteiger partial charge on any atom is 0.213 e. The monoisotopic (exact) mass is 454 g/mol. The summed E-state index contributed by atoms with van der Waals surface area (Å²) >= 11 is 0. The maximum atomic E-state index is 13.2. The predicted octanol–water partition coefficient (Wildman–Crippen LogP) is 3.45. The Morgan fingerprint density at radius 3 is 2.82 bits per heavy atom. The van der Waals surface area contributed by atoms with Crippen LogP contribution in [0.2, 0.25) is 0 Å². The minimum Gasteiger partial charge on any atom is -0.476 e. The Bertz CT molecular complexity index is 1470. The zero-order chi connectivity index (χ0) is 23.5. The molecule has 0 aliphatic heterocycles. The van der Waals surface area contributed by atoms with Gasteiger partial charge in [-0.2, -0.15) is 5.10 Å². The number of ether oxygens (including phenoxy) is 1. The van der Waals surface area contributed by atoms with Crippen LogP contribution in [0.15, 0.2) is 67.0 Å². The summed E-state index contributed by atoms with van der Waals surface area (Å²) in [7, 11) is 0. The van der Waals surface area contributed by atoms with Crippen LogP contribution in [-0.2, 0) is 19.4 Å². The van der Waals surface area contributed by atoms with E-state index in [9.17, 15) is 4.79 Å². The first-order valence-electron chi connectivity index (χ1n) is 11.4. The van der Waals surface area contributed by atoms with Gasteiger partial charge < -0.3 is 10.5 Å². The van der Waals surface area contributed by atoms with Gasteiger partial charge in [-0.05, 0) is 36.2 Å². The van der Waals surface area contributed by atoms with E-state index in [0.717, 1.165) is 39.9 Å². The standard InChI is InChI=1S/C26H26N6O2/c1-2-20-26-18(15-23(33)22-16-28-24-10-3-4-13-31(22)24)7-5-9-21(26)32(30-20)17-19-8-6-11-25(29-19)34-14-12-27/h3-11,13,16H,2,12,14-15,17,27H2,1H3. The Labute approximate surface area is 197 Å². The quantitative estimate of drug-likeness (QED) is 0.343. The van der Waals surface area contributed by atoms with Crippen molar-refractivity contribution in [2.45, 2.75) is 26.3 Å². The molecule has 2 N–H and O–H groups in total. The van der Waals surface area contributed by atoms with Crippen molar-refractivity contribution < 1.29 is 9.53 Å². The highest BCUT2D eigenvalue weighted by atomic mass is 16.5. The van der Waals surface area contributed by atoms with Gasteiger partial charge in [0.25, 0.3) is 0 Å². The third-order valence-corrected chi connectivity index (χ3v) is 5.79. The number of ketones is 1. The van der Waals surface area contributed by atoms with Crippen molar-refractivity contribution in [2.75, 3.05) is 13.2 Å². The van der Waals surface area contributed by atoms with Gasteiger partial charge in [-0.1, -0.05) is 31.2 Å². The molecule has 0 amide bonds. The molecule has 4 aromatic heterocycles. The van der Waals surface area contributed by atoms with Crippen molar-refractivity contribution in [3.8, 4) is 5.88 Å². The summed E-state index contributed by atoms with van der Waals surface area (Å²) in [4.78, 5) is 22.2. The first-order valence-corrected chi connectivity index (χ1v) is 11.4. The number of carbonyl (C=O) groups excluding carboxylic acids is 1. The summed E-state index contributed by atoms with van der Waals surface area (Å²) in [5.41, 5.74) is 10.6. The molecule has 0 saturated heterocycles. The lowest BCUT2D eigenvalue weighted by atomic mass is 10.0. The number of aromatic nitrogens is 5. The Balaban J connectivity index is 1.47. The molecule has 0 saturated carbocycles. The second-order valence-electron chi connectivity index (χ2n) is 8.05. The Hall–Kier alpha value is -4.04. The molecule has 8 heteroatoms. The van der Waals surface area contributed by atoms with E-state index in [2.05, 4.69) is 16.9 Å². The fourth-order valence-electron chi connectivity index (χ4n) is 4.25. The largest absolute Gasteiger partial charge is 0.476 e. The normalized spacial score (nSPS) is 11.4. The summed E-state index contributed by atoms with van der Waals surface area (Å²) < 4.78 is 9.35. The van der Waals surface area contributed by atoms with E-state index in [0.29, 0.717) is 31.3 Å². The van der Waals surface area contributed by atoms with Crippen LogP contribution in [0.5, 0.6) is 5.88 Å². The van der Waals surface area contributed by atoms with Gasteiger partial charge in [-0.25, -0.2) is 9.97 Å². The molecule has 0 unspecified atom stereocenters. The Kier molecular flexibility index (Phi) is 6.05. The number of fused-ring (bicyclic) bond motifs is 2. The van der Waals surface area contributed by atoms with Crippen LogP contribution in [0.4, 0.5) is 0 Å². The van der Waals surface area contributed by atoms with Crippen molar-refractivity contribution in [2.24, 2.45) is 5.73 Å². The molecule has 8 nitrogen and oxygen atoms in total. The van der Waals surface area contributed by atoms with Gasteiger partial charge in [-0.15, -0.1) is 0 Å². The summed E-state index contributed by atoms with van der Waals surface area (Å²) in [6.07, 6.45) is 4.55. The Morgan fingerprint density at radius 2 is 1.97 bits per heavy atom. The first kappa shape index (κ1) is 21.8. The molecule has 0 atom stereocenters. The molecule has 34 heavy (non-hydrogen) atoms. The number of imidazole rings is 1. The fourth-order valence-corrected chi connectivity index (χ4v) is 4.25. The Morgan fingerprint density at radius 1 is 1.09 bits per heavy atom. The average molecular weight is 455 g/mol. The van der Waals surface area contributed by atoms with Crippen molar-refractivity contribution in [3.63, 3.8) is 0 Å². The molecule has 0 aliphatic rings.